The number of carboxylic acid groups (broad SMARTS) is 1. The van der Waals surface area contributed by atoms with Crippen LogP contribution in [0.2, 0.25) is 0 Å². The molecule has 102 valence electrons. The minimum absolute atomic E-state index is 0.197. The first-order valence-corrected chi connectivity index (χ1v) is 6.33. The van der Waals surface area contributed by atoms with Gasteiger partial charge in [-0.05, 0) is 24.5 Å². The largest absolute Gasteiger partial charge is 0.480 e. The molecule has 1 aromatic rings. The molecule has 1 N–H and O–H groups in total. The van der Waals surface area contributed by atoms with Crippen molar-refractivity contribution in [3.8, 4) is 0 Å². The Morgan fingerprint density at radius 3 is 2.68 bits per heavy atom. The van der Waals surface area contributed by atoms with Gasteiger partial charge < -0.3 is 10.0 Å². The first-order chi connectivity index (χ1) is 8.97. The van der Waals surface area contributed by atoms with Crippen LogP contribution in [0.4, 0.5) is 10.5 Å². The number of aryl methyl sites for hydroxylation is 2. The molecular weight excluding hydrogens is 244 g/mol. The topological polar surface area (TPSA) is 60.9 Å². The van der Waals surface area contributed by atoms with Crippen LogP contribution in [0, 0.1) is 6.92 Å². The number of nitrogens with zero attached hydrogens (tertiary/aromatic N) is 2. The third-order valence-electron chi connectivity index (χ3n) is 3.61. The summed E-state index contributed by atoms with van der Waals surface area (Å²) in [6, 6.07) is 4.84. The Kier molecular flexibility index (Phi) is 3.46. The summed E-state index contributed by atoms with van der Waals surface area (Å²) in [6.45, 7) is 4.16. The van der Waals surface area contributed by atoms with E-state index in [4.69, 9.17) is 5.11 Å². The van der Waals surface area contributed by atoms with Gasteiger partial charge in [-0.2, -0.15) is 0 Å². The van der Waals surface area contributed by atoms with Crippen molar-refractivity contribution < 1.29 is 14.7 Å². The van der Waals surface area contributed by atoms with Gasteiger partial charge >= 0.3 is 12.0 Å². The number of likely N-dealkylation sites (N-methyl/N-ethyl adjacent to an activating group) is 1. The monoisotopic (exact) mass is 262 g/mol. The van der Waals surface area contributed by atoms with Crippen molar-refractivity contribution in [2.24, 2.45) is 0 Å². The Hall–Kier alpha value is -2.04. The van der Waals surface area contributed by atoms with Crippen molar-refractivity contribution in [3.05, 3.63) is 29.3 Å². The maximum absolute atomic E-state index is 12.2. The fourth-order valence-corrected chi connectivity index (χ4v) is 2.52. The predicted octanol–water partition coefficient (Wildman–Crippen LogP) is 1.88. The minimum Gasteiger partial charge on any atom is -0.480 e. The molecule has 0 spiro atoms. The number of carbonyl (C=O) groups excluding carboxylic acids is 1. The molecule has 2 rings (SSSR count). The van der Waals surface area contributed by atoms with Crippen molar-refractivity contribution in [1.82, 2.24) is 4.90 Å². The van der Waals surface area contributed by atoms with E-state index in [2.05, 4.69) is 0 Å². The van der Waals surface area contributed by atoms with E-state index in [1.807, 2.05) is 32.0 Å². The first-order valence-electron chi connectivity index (χ1n) is 6.33. The fourth-order valence-electron chi connectivity index (χ4n) is 2.52. The minimum atomic E-state index is -0.968. The molecule has 1 fully saturated rings. The Morgan fingerprint density at radius 1 is 1.47 bits per heavy atom. The van der Waals surface area contributed by atoms with Crippen molar-refractivity contribution in [3.63, 3.8) is 0 Å². The average molecular weight is 262 g/mol. The Labute approximate surface area is 112 Å². The number of amides is 2. The van der Waals surface area contributed by atoms with Gasteiger partial charge in [0.1, 0.15) is 6.04 Å². The molecule has 0 radical (unpaired) electrons. The standard InChI is InChI=1S/C14H18N2O3/c1-4-10-7-5-6-9(2)12(10)16-8-11(13(17)18)15(3)14(16)19/h5-7,11H,4,8H2,1-3H3,(H,17,18). The number of benzene rings is 1. The van der Waals surface area contributed by atoms with Gasteiger partial charge in [0.2, 0.25) is 0 Å². The molecule has 0 bridgehead atoms. The van der Waals surface area contributed by atoms with E-state index >= 15 is 0 Å². The second kappa shape index (κ2) is 4.91. The van der Waals surface area contributed by atoms with Crippen LogP contribution < -0.4 is 4.90 Å². The zero-order valence-electron chi connectivity index (χ0n) is 11.4. The Balaban J connectivity index is 2.44. The van der Waals surface area contributed by atoms with Crippen molar-refractivity contribution in [1.29, 1.82) is 0 Å². The quantitative estimate of drug-likeness (QED) is 0.904. The molecule has 1 heterocycles. The number of rotatable bonds is 3. The van der Waals surface area contributed by atoms with E-state index in [1.54, 1.807) is 4.90 Å². The molecule has 5 heteroatoms. The molecule has 1 aromatic carbocycles. The third kappa shape index (κ3) is 2.16. The van der Waals surface area contributed by atoms with Gasteiger partial charge in [0.15, 0.2) is 0 Å². The zero-order chi connectivity index (χ0) is 14.2. The lowest BCUT2D eigenvalue weighted by molar-refractivity contribution is -0.140. The lowest BCUT2D eigenvalue weighted by Gasteiger charge is -2.21. The molecule has 1 unspecified atom stereocenters. The third-order valence-corrected chi connectivity index (χ3v) is 3.61. The summed E-state index contributed by atoms with van der Waals surface area (Å²) in [6.07, 6.45) is 0.808. The van der Waals surface area contributed by atoms with E-state index < -0.39 is 12.0 Å². The molecule has 0 aromatic heterocycles. The van der Waals surface area contributed by atoms with Gasteiger partial charge in [0.25, 0.3) is 0 Å². The maximum Gasteiger partial charge on any atom is 0.328 e. The molecule has 1 saturated heterocycles. The highest BCUT2D eigenvalue weighted by Gasteiger charge is 2.40. The van der Waals surface area contributed by atoms with E-state index in [-0.39, 0.29) is 12.6 Å². The number of hydrogen-bond donors (Lipinski definition) is 1. The SMILES string of the molecule is CCc1cccc(C)c1N1CC(C(=O)O)N(C)C1=O. The van der Waals surface area contributed by atoms with Crippen LogP contribution in [0.1, 0.15) is 18.1 Å². The van der Waals surface area contributed by atoms with E-state index in [0.29, 0.717) is 0 Å². The number of anilines is 1. The van der Waals surface area contributed by atoms with E-state index in [1.165, 1.54) is 11.9 Å². The Morgan fingerprint density at radius 2 is 2.16 bits per heavy atom. The summed E-state index contributed by atoms with van der Waals surface area (Å²) < 4.78 is 0. The maximum atomic E-state index is 12.2. The van der Waals surface area contributed by atoms with Crippen LogP contribution in [-0.2, 0) is 11.2 Å². The fraction of sp³-hybridized carbons (Fsp3) is 0.429. The molecule has 1 aliphatic rings. The molecule has 1 aliphatic heterocycles. The van der Waals surface area contributed by atoms with Crippen LogP contribution in [0.25, 0.3) is 0 Å². The summed E-state index contributed by atoms with van der Waals surface area (Å²) >= 11 is 0. The summed E-state index contributed by atoms with van der Waals surface area (Å²) in [7, 11) is 1.53. The molecular formula is C14H18N2O3. The van der Waals surface area contributed by atoms with E-state index in [9.17, 15) is 9.59 Å². The summed E-state index contributed by atoms with van der Waals surface area (Å²) in [5.41, 5.74) is 2.91. The second-order valence-corrected chi connectivity index (χ2v) is 4.79. The van der Waals surface area contributed by atoms with Crippen molar-refractivity contribution >= 4 is 17.7 Å². The van der Waals surface area contributed by atoms with E-state index in [0.717, 1.165) is 23.2 Å². The van der Waals surface area contributed by atoms with Crippen LogP contribution >= 0.6 is 0 Å². The zero-order valence-corrected chi connectivity index (χ0v) is 11.4. The summed E-state index contributed by atoms with van der Waals surface area (Å²) in [5, 5.41) is 9.14. The van der Waals surface area contributed by atoms with Crippen LogP contribution in [-0.4, -0.2) is 41.6 Å². The van der Waals surface area contributed by atoms with Crippen LogP contribution in [0.15, 0.2) is 18.2 Å². The lowest BCUT2D eigenvalue weighted by atomic mass is 10.0. The predicted molar refractivity (Wildman–Crippen MR) is 72.5 cm³/mol. The van der Waals surface area contributed by atoms with Gasteiger partial charge in [-0.15, -0.1) is 0 Å². The number of hydrogen-bond acceptors (Lipinski definition) is 2. The molecule has 2 amide bonds. The van der Waals surface area contributed by atoms with Gasteiger partial charge in [0.05, 0.1) is 12.2 Å². The molecule has 0 saturated carbocycles. The Bertz CT molecular complexity index is 527. The van der Waals surface area contributed by atoms with Crippen LogP contribution in [0.3, 0.4) is 0 Å². The molecule has 19 heavy (non-hydrogen) atoms. The van der Waals surface area contributed by atoms with Crippen molar-refractivity contribution in [2.75, 3.05) is 18.5 Å². The normalized spacial score (nSPS) is 19.1. The van der Waals surface area contributed by atoms with Gasteiger partial charge in [-0.3, -0.25) is 4.90 Å². The highest BCUT2D eigenvalue weighted by atomic mass is 16.4. The summed E-state index contributed by atoms with van der Waals surface area (Å²) in [5.74, 6) is -0.968. The number of aliphatic carboxylic acids is 1. The van der Waals surface area contributed by atoms with Gasteiger partial charge in [0, 0.05) is 7.05 Å². The highest BCUT2D eigenvalue weighted by molar-refractivity contribution is 5.99. The summed E-state index contributed by atoms with van der Waals surface area (Å²) in [4.78, 5) is 26.2. The van der Waals surface area contributed by atoms with Gasteiger partial charge in [-0.25, -0.2) is 9.59 Å². The smallest absolute Gasteiger partial charge is 0.328 e. The van der Waals surface area contributed by atoms with Crippen LogP contribution in [0.5, 0.6) is 0 Å². The molecule has 0 aliphatic carbocycles. The first kappa shape index (κ1) is 13.4. The van der Waals surface area contributed by atoms with Gasteiger partial charge in [-0.1, -0.05) is 25.1 Å². The number of urea groups is 1. The molecule has 5 nitrogen and oxygen atoms in total. The van der Waals surface area contributed by atoms with Crippen molar-refractivity contribution in [2.45, 2.75) is 26.3 Å². The molecule has 1 atom stereocenters. The highest BCUT2D eigenvalue weighted by Crippen LogP contribution is 2.30. The number of carboxylic acids is 1. The number of carbonyl (C=O) groups is 2. The second-order valence-electron chi connectivity index (χ2n) is 4.79. The average Bonchev–Trinajstić information content (AvgIpc) is 2.66. The number of para-hydroxylation sites is 1. The lowest BCUT2D eigenvalue weighted by Crippen LogP contribution is -2.36.